The van der Waals surface area contributed by atoms with Gasteiger partial charge in [0.2, 0.25) is 0 Å². The van der Waals surface area contributed by atoms with E-state index in [0.29, 0.717) is 0 Å². The van der Waals surface area contributed by atoms with Crippen molar-refractivity contribution in [1.82, 2.24) is 4.98 Å². The molecule has 1 aliphatic heterocycles. The Kier molecular flexibility index (Phi) is 2.73. The van der Waals surface area contributed by atoms with Crippen LogP contribution in [0.5, 0.6) is 5.75 Å². The molecule has 17 heavy (non-hydrogen) atoms. The first kappa shape index (κ1) is 10.6. The minimum absolute atomic E-state index is 0.739. The molecule has 0 spiro atoms. The van der Waals surface area contributed by atoms with Gasteiger partial charge in [0.25, 0.3) is 0 Å². The number of benzene rings is 1. The second-order valence-corrected chi connectivity index (χ2v) is 4.91. The lowest BCUT2D eigenvalue weighted by atomic mass is 10.1. The van der Waals surface area contributed by atoms with Gasteiger partial charge in [0.05, 0.1) is 16.4 Å². The number of fused-ring (bicyclic) bond motifs is 1. The third kappa shape index (κ3) is 2.00. The molecule has 0 unspecified atom stereocenters. The largest absolute Gasteiger partial charge is 0.490 e. The predicted octanol–water partition coefficient (Wildman–Crippen LogP) is 3.18. The molecule has 1 aliphatic rings. The molecule has 1 aromatic carbocycles. The fraction of sp³-hybridized carbons (Fsp3) is 0.308. The van der Waals surface area contributed by atoms with Crippen molar-refractivity contribution in [3.05, 3.63) is 28.6 Å². The molecule has 0 amide bonds. The zero-order chi connectivity index (χ0) is 11.7. The van der Waals surface area contributed by atoms with E-state index in [9.17, 15) is 0 Å². The smallest absolute Gasteiger partial charge is 0.142 e. The SMILES string of the molecule is CCc1nc(-c2ccc3c(c2)NCCO3)cs1. The van der Waals surface area contributed by atoms with E-state index in [2.05, 4.69) is 34.7 Å². The van der Waals surface area contributed by atoms with Gasteiger partial charge in [-0.2, -0.15) is 0 Å². The van der Waals surface area contributed by atoms with Crippen molar-refractivity contribution in [3.8, 4) is 17.0 Å². The van der Waals surface area contributed by atoms with Crippen LogP contribution in [0.3, 0.4) is 0 Å². The van der Waals surface area contributed by atoms with Crippen LogP contribution in [0.15, 0.2) is 23.6 Å². The number of anilines is 1. The Morgan fingerprint density at radius 2 is 2.41 bits per heavy atom. The Morgan fingerprint density at radius 3 is 3.24 bits per heavy atom. The summed E-state index contributed by atoms with van der Waals surface area (Å²) in [5.74, 6) is 0.936. The highest BCUT2D eigenvalue weighted by Gasteiger charge is 2.11. The van der Waals surface area contributed by atoms with Gasteiger partial charge in [0, 0.05) is 17.5 Å². The first-order valence-electron chi connectivity index (χ1n) is 5.82. The van der Waals surface area contributed by atoms with Crippen LogP contribution >= 0.6 is 11.3 Å². The monoisotopic (exact) mass is 246 g/mol. The van der Waals surface area contributed by atoms with Crippen molar-refractivity contribution in [1.29, 1.82) is 0 Å². The molecule has 0 bridgehead atoms. The number of rotatable bonds is 2. The van der Waals surface area contributed by atoms with Crippen molar-refractivity contribution < 1.29 is 4.74 Å². The van der Waals surface area contributed by atoms with E-state index in [4.69, 9.17) is 4.74 Å². The highest BCUT2D eigenvalue weighted by molar-refractivity contribution is 7.09. The van der Waals surface area contributed by atoms with E-state index in [1.54, 1.807) is 11.3 Å². The molecule has 0 fully saturated rings. The second-order valence-electron chi connectivity index (χ2n) is 3.97. The average Bonchev–Trinajstić information content (AvgIpc) is 2.87. The Hall–Kier alpha value is -1.55. The summed E-state index contributed by atoms with van der Waals surface area (Å²) >= 11 is 1.72. The first-order valence-corrected chi connectivity index (χ1v) is 6.70. The number of aryl methyl sites for hydroxylation is 1. The number of hydrogen-bond acceptors (Lipinski definition) is 4. The van der Waals surface area contributed by atoms with Gasteiger partial charge in [-0.15, -0.1) is 11.3 Å². The molecule has 0 radical (unpaired) electrons. The van der Waals surface area contributed by atoms with Crippen molar-refractivity contribution in [2.24, 2.45) is 0 Å². The van der Waals surface area contributed by atoms with Gasteiger partial charge in [0.15, 0.2) is 0 Å². The lowest BCUT2D eigenvalue weighted by Gasteiger charge is -2.19. The average molecular weight is 246 g/mol. The minimum atomic E-state index is 0.739. The van der Waals surface area contributed by atoms with Crippen molar-refractivity contribution in [2.45, 2.75) is 13.3 Å². The maximum Gasteiger partial charge on any atom is 0.142 e. The third-order valence-electron chi connectivity index (χ3n) is 2.80. The molecule has 4 heteroatoms. The van der Waals surface area contributed by atoms with Gasteiger partial charge < -0.3 is 10.1 Å². The maximum absolute atomic E-state index is 5.56. The van der Waals surface area contributed by atoms with Crippen LogP contribution in [0.1, 0.15) is 11.9 Å². The van der Waals surface area contributed by atoms with Crippen LogP contribution in [-0.2, 0) is 6.42 Å². The first-order chi connectivity index (χ1) is 8.36. The van der Waals surface area contributed by atoms with Crippen molar-refractivity contribution >= 4 is 17.0 Å². The highest BCUT2D eigenvalue weighted by Crippen LogP contribution is 2.32. The fourth-order valence-electron chi connectivity index (χ4n) is 1.91. The van der Waals surface area contributed by atoms with E-state index in [0.717, 1.165) is 42.3 Å². The van der Waals surface area contributed by atoms with E-state index in [-0.39, 0.29) is 0 Å². The molecular weight excluding hydrogens is 232 g/mol. The van der Waals surface area contributed by atoms with Crippen LogP contribution in [0.25, 0.3) is 11.3 Å². The van der Waals surface area contributed by atoms with Gasteiger partial charge >= 0.3 is 0 Å². The zero-order valence-corrected chi connectivity index (χ0v) is 10.5. The van der Waals surface area contributed by atoms with Crippen LogP contribution in [0, 0.1) is 0 Å². The van der Waals surface area contributed by atoms with Crippen molar-refractivity contribution in [2.75, 3.05) is 18.5 Å². The lowest BCUT2D eigenvalue weighted by molar-refractivity contribution is 0.323. The van der Waals surface area contributed by atoms with Gasteiger partial charge in [-0.3, -0.25) is 0 Å². The zero-order valence-electron chi connectivity index (χ0n) is 9.69. The molecule has 0 saturated carbocycles. The van der Waals surface area contributed by atoms with Crippen LogP contribution in [0.2, 0.25) is 0 Å². The number of nitrogens with one attached hydrogen (secondary N) is 1. The van der Waals surface area contributed by atoms with Gasteiger partial charge in [-0.05, 0) is 24.6 Å². The molecule has 3 rings (SSSR count). The Balaban J connectivity index is 1.97. The van der Waals surface area contributed by atoms with E-state index in [1.165, 1.54) is 5.01 Å². The molecule has 2 aromatic rings. The Bertz CT molecular complexity index is 536. The van der Waals surface area contributed by atoms with E-state index in [1.807, 2.05) is 6.07 Å². The molecule has 1 N–H and O–H groups in total. The number of nitrogens with zero attached hydrogens (tertiary/aromatic N) is 1. The molecule has 2 heterocycles. The summed E-state index contributed by atoms with van der Waals surface area (Å²) in [6.45, 7) is 3.74. The predicted molar refractivity (Wildman–Crippen MR) is 70.9 cm³/mol. The summed E-state index contributed by atoms with van der Waals surface area (Å²) in [6.07, 6.45) is 0.997. The Labute approximate surface area is 104 Å². The molecule has 1 aromatic heterocycles. The number of ether oxygens (including phenoxy) is 1. The number of aromatic nitrogens is 1. The normalized spacial score (nSPS) is 13.7. The fourth-order valence-corrected chi connectivity index (χ4v) is 2.66. The van der Waals surface area contributed by atoms with Crippen LogP contribution in [-0.4, -0.2) is 18.1 Å². The van der Waals surface area contributed by atoms with Gasteiger partial charge in [0.1, 0.15) is 12.4 Å². The number of thiazole rings is 1. The summed E-state index contributed by atoms with van der Waals surface area (Å²) in [5.41, 5.74) is 3.28. The maximum atomic E-state index is 5.56. The van der Waals surface area contributed by atoms with E-state index >= 15 is 0 Å². The Morgan fingerprint density at radius 1 is 1.47 bits per heavy atom. The van der Waals surface area contributed by atoms with E-state index < -0.39 is 0 Å². The highest BCUT2D eigenvalue weighted by atomic mass is 32.1. The quantitative estimate of drug-likeness (QED) is 0.883. The molecule has 3 nitrogen and oxygen atoms in total. The molecule has 88 valence electrons. The van der Waals surface area contributed by atoms with Crippen LogP contribution < -0.4 is 10.1 Å². The van der Waals surface area contributed by atoms with Gasteiger partial charge in [-0.25, -0.2) is 4.98 Å². The standard InChI is InChI=1S/C13H14N2OS/c1-2-13-15-11(8-17-13)9-3-4-12-10(7-9)14-5-6-16-12/h3-4,7-8,14H,2,5-6H2,1H3. The summed E-state index contributed by atoms with van der Waals surface area (Å²) in [7, 11) is 0. The topological polar surface area (TPSA) is 34.2 Å². The van der Waals surface area contributed by atoms with Crippen LogP contribution in [0.4, 0.5) is 5.69 Å². The molecule has 0 aliphatic carbocycles. The second kappa shape index (κ2) is 4.37. The van der Waals surface area contributed by atoms with Gasteiger partial charge in [-0.1, -0.05) is 6.92 Å². The molecule has 0 atom stereocenters. The summed E-state index contributed by atoms with van der Waals surface area (Å²) in [6, 6.07) is 6.20. The third-order valence-corrected chi connectivity index (χ3v) is 3.80. The lowest BCUT2D eigenvalue weighted by Crippen LogP contribution is -2.17. The number of hydrogen-bond donors (Lipinski definition) is 1. The molecule has 0 saturated heterocycles. The summed E-state index contributed by atoms with van der Waals surface area (Å²) < 4.78 is 5.56. The summed E-state index contributed by atoms with van der Waals surface area (Å²) in [5, 5.41) is 6.64. The summed E-state index contributed by atoms with van der Waals surface area (Å²) in [4.78, 5) is 4.60. The minimum Gasteiger partial charge on any atom is -0.490 e. The molecular formula is C13H14N2OS. The van der Waals surface area contributed by atoms with Crippen molar-refractivity contribution in [3.63, 3.8) is 0 Å².